The highest BCUT2D eigenvalue weighted by Crippen LogP contribution is 2.44. The van der Waals surface area contributed by atoms with E-state index in [4.69, 9.17) is 33.3 Å². The molecule has 0 aliphatic carbocycles. The number of hydrogen-bond donors (Lipinski definition) is 1. The van der Waals surface area contributed by atoms with Gasteiger partial charge in [0.25, 0.3) is 0 Å². The minimum atomic E-state index is -0.383. The number of halogens is 2. The lowest BCUT2D eigenvalue weighted by molar-refractivity contribution is 0.327. The second-order valence-electron chi connectivity index (χ2n) is 7.29. The molecule has 7 heteroatoms. The van der Waals surface area contributed by atoms with Crippen LogP contribution in [0.2, 0.25) is 5.02 Å². The first kappa shape index (κ1) is 19.8. The normalized spacial score (nSPS) is 17.5. The molecule has 0 fully saturated rings. The minimum Gasteiger partial charge on any atom is -0.493 e. The van der Waals surface area contributed by atoms with Crippen molar-refractivity contribution < 1.29 is 13.9 Å². The molecule has 31 heavy (non-hydrogen) atoms. The van der Waals surface area contributed by atoms with Crippen molar-refractivity contribution in [1.82, 2.24) is 5.32 Å². The van der Waals surface area contributed by atoms with Gasteiger partial charge in [-0.15, -0.1) is 0 Å². The topological polar surface area (TPSA) is 33.7 Å². The van der Waals surface area contributed by atoms with Crippen LogP contribution in [0, 0.1) is 5.82 Å². The zero-order chi connectivity index (χ0) is 21.5. The lowest BCUT2D eigenvalue weighted by Gasteiger charge is -2.43. The molecule has 0 spiro atoms. The fraction of sp³-hybridized carbons (Fsp3) is 0.125. The number of methoxy groups -OCH3 is 1. The van der Waals surface area contributed by atoms with Gasteiger partial charge < -0.3 is 14.8 Å². The first-order valence-corrected chi connectivity index (χ1v) is 10.5. The summed E-state index contributed by atoms with van der Waals surface area (Å²) in [5, 5.41) is 4.03. The molecule has 2 aliphatic heterocycles. The van der Waals surface area contributed by atoms with Crippen LogP contribution in [0.1, 0.15) is 17.3 Å². The molecule has 0 radical (unpaired) electrons. The van der Waals surface area contributed by atoms with E-state index in [0.29, 0.717) is 33.8 Å². The first-order valence-electron chi connectivity index (χ1n) is 9.73. The Hall–Kier alpha value is -3.09. The highest BCUT2D eigenvalue weighted by molar-refractivity contribution is 7.80. The molecule has 156 valence electrons. The number of rotatable bonds is 3. The van der Waals surface area contributed by atoms with Gasteiger partial charge in [-0.25, -0.2) is 4.39 Å². The maximum Gasteiger partial charge on any atom is 0.209 e. The van der Waals surface area contributed by atoms with Crippen molar-refractivity contribution in [3.63, 3.8) is 0 Å². The first-order chi connectivity index (χ1) is 15.0. The lowest BCUT2D eigenvalue weighted by Crippen LogP contribution is -2.49. The predicted octanol–water partition coefficient (Wildman–Crippen LogP) is 5.77. The smallest absolute Gasteiger partial charge is 0.209 e. The summed E-state index contributed by atoms with van der Waals surface area (Å²) in [6.07, 6.45) is 0.208. The zero-order valence-electron chi connectivity index (χ0n) is 16.6. The van der Waals surface area contributed by atoms with Gasteiger partial charge in [-0.2, -0.15) is 0 Å². The Morgan fingerprint density at radius 3 is 2.65 bits per heavy atom. The molecule has 0 unspecified atom stereocenters. The Balaban J connectivity index is 1.68. The second kappa shape index (κ2) is 7.87. The average Bonchev–Trinajstić information content (AvgIpc) is 2.78. The second-order valence-corrected chi connectivity index (χ2v) is 8.13. The molecular formula is C24H18ClFN2O2S. The van der Waals surface area contributed by atoms with Crippen LogP contribution < -0.4 is 19.7 Å². The van der Waals surface area contributed by atoms with Crippen LogP contribution >= 0.6 is 23.8 Å². The molecular weight excluding hydrogens is 435 g/mol. The monoisotopic (exact) mass is 452 g/mol. The van der Waals surface area contributed by atoms with Crippen LogP contribution in [0.4, 0.5) is 10.1 Å². The summed E-state index contributed by atoms with van der Waals surface area (Å²) >= 11 is 12.0. The molecule has 1 atom stereocenters. The maximum atomic E-state index is 13.7. The van der Waals surface area contributed by atoms with Crippen molar-refractivity contribution >= 4 is 34.5 Å². The SMILES string of the molecule is COc1cccc2c1OC1=C(C2)C(=S)N[C@@H](c2cccc(Cl)c2)N1c1ccc(F)cc1. The fourth-order valence-electron chi connectivity index (χ4n) is 3.94. The van der Waals surface area contributed by atoms with E-state index in [2.05, 4.69) is 5.32 Å². The zero-order valence-corrected chi connectivity index (χ0v) is 18.1. The summed E-state index contributed by atoms with van der Waals surface area (Å²) in [6.45, 7) is 0. The van der Waals surface area contributed by atoms with Crippen molar-refractivity contribution in [2.75, 3.05) is 12.0 Å². The molecule has 1 N–H and O–H groups in total. The van der Waals surface area contributed by atoms with Crippen LogP contribution in [0.15, 0.2) is 78.2 Å². The van der Waals surface area contributed by atoms with Gasteiger partial charge in [0, 0.05) is 22.7 Å². The van der Waals surface area contributed by atoms with Gasteiger partial charge >= 0.3 is 0 Å². The van der Waals surface area contributed by atoms with Gasteiger partial charge in [0.05, 0.1) is 12.7 Å². The van der Waals surface area contributed by atoms with Gasteiger partial charge in [0.1, 0.15) is 17.0 Å². The number of hydrogen-bond acceptors (Lipinski definition) is 4. The Morgan fingerprint density at radius 1 is 1.13 bits per heavy atom. The number of fused-ring (bicyclic) bond motifs is 1. The predicted molar refractivity (Wildman–Crippen MR) is 123 cm³/mol. The number of nitrogens with zero attached hydrogens (tertiary/aromatic N) is 1. The highest BCUT2D eigenvalue weighted by Gasteiger charge is 2.38. The third-order valence-corrected chi connectivity index (χ3v) is 5.99. The average molecular weight is 453 g/mol. The van der Waals surface area contributed by atoms with Crippen LogP contribution in [-0.4, -0.2) is 12.1 Å². The van der Waals surface area contributed by atoms with Crippen LogP contribution in [-0.2, 0) is 6.42 Å². The lowest BCUT2D eigenvalue weighted by atomic mass is 9.98. The standard InChI is InChI=1S/C24H18ClFN2O2S/c1-29-20-7-3-4-14-13-19-23(31)27-22(15-5-2-6-16(25)12-15)28(24(19)30-21(14)20)18-10-8-17(26)9-11-18/h2-12,22H,13H2,1H3,(H,27,31)/t22-/m1/s1. The molecule has 3 aromatic carbocycles. The number of para-hydroxylation sites is 1. The molecule has 3 aromatic rings. The van der Waals surface area contributed by atoms with E-state index in [9.17, 15) is 4.39 Å². The summed E-state index contributed by atoms with van der Waals surface area (Å²) in [7, 11) is 1.61. The molecule has 0 bridgehead atoms. The Kier molecular flexibility index (Phi) is 5.04. The summed E-state index contributed by atoms with van der Waals surface area (Å²) in [5.41, 5.74) is 3.51. The number of nitrogens with one attached hydrogen (secondary N) is 1. The van der Waals surface area contributed by atoms with E-state index < -0.39 is 0 Å². The molecule has 2 heterocycles. The van der Waals surface area contributed by atoms with E-state index in [-0.39, 0.29) is 12.0 Å². The van der Waals surface area contributed by atoms with Crippen LogP contribution in [0.25, 0.3) is 0 Å². The van der Waals surface area contributed by atoms with E-state index in [1.54, 1.807) is 19.2 Å². The van der Waals surface area contributed by atoms with E-state index >= 15 is 0 Å². The molecule has 0 aromatic heterocycles. The van der Waals surface area contributed by atoms with Crippen molar-refractivity contribution in [2.45, 2.75) is 12.6 Å². The van der Waals surface area contributed by atoms with Crippen molar-refractivity contribution in [3.8, 4) is 11.5 Å². The van der Waals surface area contributed by atoms with Gasteiger partial charge in [0.2, 0.25) is 5.88 Å². The Morgan fingerprint density at radius 2 is 1.90 bits per heavy atom. The largest absolute Gasteiger partial charge is 0.493 e. The number of anilines is 1. The molecule has 0 saturated carbocycles. The van der Waals surface area contributed by atoms with E-state index in [1.165, 1.54) is 12.1 Å². The highest BCUT2D eigenvalue weighted by atomic mass is 35.5. The molecule has 4 nitrogen and oxygen atoms in total. The quantitative estimate of drug-likeness (QED) is 0.510. The Labute approximate surface area is 189 Å². The summed E-state index contributed by atoms with van der Waals surface area (Å²) in [5.74, 6) is 1.59. The van der Waals surface area contributed by atoms with Crippen molar-refractivity contribution in [3.05, 3.63) is 100 Å². The molecule has 5 rings (SSSR count). The van der Waals surface area contributed by atoms with Crippen LogP contribution in [0.5, 0.6) is 11.5 Å². The van der Waals surface area contributed by atoms with E-state index in [1.807, 2.05) is 47.4 Å². The number of benzene rings is 3. The van der Waals surface area contributed by atoms with E-state index in [0.717, 1.165) is 22.4 Å². The number of ether oxygens (including phenoxy) is 2. The van der Waals surface area contributed by atoms with Gasteiger partial charge in [-0.1, -0.05) is 48.1 Å². The third-order valence-electron chi connectivity index (χ3n) is 5.39. The Bertz CT molecular complexity index is 1210. The van der Waals surface area contributed by atoms with Crippen LogP contribution in [0.3, 0.4) is 0 Å². The maximum absolute atomic E-state index is 13.7. The third kappa shape index (κ3) is 3.52. The van der Waals surface area contributed by atoms with Gasteiger partial charge in [0.15, 0.2) is 11.5 Å². The van der Waals surface area contributed by atoms with Crippen molar-refractivity contribution in [2.24, 2.45) is 0 Å². The molecule has 0 amide bonds. The van der Waals surface area contributed by atoms with Gasteiger partial charge in [-0.05, 0) is 48.0 Å². The number of thiocarbonyl (C=S) groups is 1. The molecule has 0 saturated heterocycles. The summed E-state index contributed by atoms with van der Waals surface area (Å²) in [6, 6.07) is 19.6. The van der Waals surface area contributed by atoms with Gasteiger partial charge in [-0.3, -0.25) is 4.90 Å². The minimum absolute atomic E-state index is 0.311. The molecule has 2 aliphatic rings. The van der Waals surface area contributed by atoms with Crippen molar-refractivity contribution in [1.29, 1.82) is 0 Å². The summed E-state index contributed by atoms with van der Waals surface area (Å²) in [4.78, 5) is 2.58. The summed E-state index contributed by atoms with van der Waals surface area (Å²) < 4.78 is 25.6. The fourth-order valence-corrected chi connectivity index (χ4v) is 4.41.